The zero-order valence-electron chi connectivity index (χ0n) is 10.1. The van der Waals surface area contributed by atoms with Crippen LogP contribution in [0.4, 0.5) is 0 Å². The molecular formula is C13H21NO2. The third-order valence-electron chi connectivity index (χ3n) is 2.58. The van der Waals surface area contributed by atoms with Crippen LogP contribution in [0, 0.1) is 0 Å². The van der Waals surface area contributed by atoms with Crippen LogP contribution in [0.25, 0.3) is 0 Å². The minimum atomic E-state index is 0.0276. The maximum absolute atomic E-state index is 9.56. The van der Waals surface area contributed by atoms with Crippen LogP contribution in [0.5, 0.6) is 11.5 Å². The first kappa shape index (κ1) is 12.8. The number of unbranched alkanes of at least 4 members (excludes halogenated alkanes) is 1. The highest BCUT2D eigenvalue weighted by Gasteiger charge is 2.09. The van der Waals surface area contributed by atoms with Crippen molar-refractivity contribution in [2.45, 2.75) is 39.2 Å². The number of ether oxygens (including phenoxy) is 1. The first-order chi connectivity index (χ1) is 7.69. The zero-order valence-corrected chi connectivity index (χ0v) is 10.1. The summed E-state index contributed by atoms with van der Waals surface area (Å²) in [6, 6.07) is 5.36. The minimum absolute atomic E-state index is 0.0276. The Kier molecular flexibility index (Phi) is 5.12. The van der Waals surface area contributed by atoms with E-state index in [1.54, 1.807) is 6.07 Å². The average Bonchev–Trinajstić information content (AvgIpc) is 2.29. The van der Waals surface area contributed by atoms with Crippen LogP contribution in [-0.2, 0) is 0 Å². The molecule has 1 rings (SSSR count). The highest BCUT2D eigenvalue weighted by molar-refractivity contribution is 5.42. The SMILES string of the molecule is CCCC[C@H](N)c1ccc(O)c(OCC)c1. The van der Waals surface area contributed by atoms with Crippen LogP contribution in [-0.4, -0.2) is 11.7 Å². The quantitative estimate of drug-likeness (QED) is 0.779. The van der Waals surface area contributed by atoms with Gasteiger partial charge < -0.3 is 15.6 Å². The fourth-order valence-electron chi connectivity index (χ4n) is 1.62. The summed E-state index contributed by atoms with van der Waals surface area (Å²) in [5, 5.41) is 9.56. The van der Waals surface area contributed by atoms with Gasteiger partial charge in [0.25, 0.3) is 0 Å². The Morgan fingerprint density at radius 1 is 1.38 bits per heavy atom. The molecule has 0 aliphatic heterocycles. The average molecular weight is 223 g/mol. The van der Waals surface area contributed by atoms with E-state index in [4.69, 9.17) is 10.5 Å². The van der Waals surface area contributed by atoms with E-state index >= 15 is 0 Å². The molecule has 0 radical (unpaired) electrons. The second kappa shape index (κ2) is 6.38. The molecule has 3 heteroatoms. The number of phenols is 1. The molecule has 0 aromatic heterocycles. The normalized spacial score (nSPS) is 12.4. The summed E-state index contributed by atoms with van der Waals surface area (Å²) in [5.74, 6) is 0.695. The molecule has 0 aliphatic carbocycles. The molecule has 0 unspecified atom stereocenters. The van der Waals surface area contributed by atoms with Crippen molar-refractivity contribution in [3.05, 3.63) is 23.8 Å². The predicted molar refractivity (Wildman–Crippen MR) is 65.7 cm³/mol. The van der Waals surface area contributed by atoms with Gasteiger partial charge in [-0.05, 0) is 31.0 Å². The Labute approximate surface area is 97.2 Å². The molecule has 1 atom stereocenters. The topological polar surface area (TPSA) is 55.5 Å². The fourth-order valence-corrected chi connectivity index (χ4v) is 1.62. The summed E-state index contributed by atoms with van der Waals surface area (Å²) in [6.45, 7) is 4.58. The molecule has 0 saturated carbocycles. The van der Waals surface area contributed by atoms with E-state index < -0.39 is 0 Å². The van der Waals surface area contributed by atoms with E-state index in [-0.39, 0.29) is 11.8 Å². The van der Waals surface area contributed by atoms with Gasteiger partial charge in [-0.3, -0.25) is 0 Å². The number of aromatic hydroxyl groups is 1. The number of hydrogen-bond donors (Lipinski definition) is 2. The van der Waals surface area contributed by atoms with E-state index in [1.807, 2.05) is 19.1 Å². The van der Waals surface area contributed by atoms with Gasteiger partial charge in [0, 0.05) is 6.04 Å². The predicted octanol–water partition coefficient (Wildman–Crippen LogP) is 2.98. The first-order valence-corrected chi connectivity index (χ1v) is 5.90. The molecule has 0 saturated heterocycles. The van der Waals surface area contributed by atoms with Crippen molar-refractivity contribution < 1.29 is 9.84 Å². The van der Waals surface area contributed by atoms with Crippen molar-refractivity contribution in [2.24, 2.45) is 5.73 Å². The summed E-state index contributed by atoms with van der Waals surface area (Å²) < 4.78 is 5.33. The van der Waals surface area contributed by atoms with E-state index in [0.29, 0.717) is 12.4 Å². The van der Waals surface area contributed by atoms with Crippen LogP contribution in [0.3, 0.4) is 0 Å². The van der Waals surface area contributed by atoms with Gasteiger partial charge in [-0.2, -0.15) is 0 Å². The van der Waals surface area contributed by atoms with Gasteiger partial charge in [0.15, 0.2) is 11.5 Å². The largest absolute Gasteiger partial charge is 0.504 e. The molecule has 0 fully saturated rings. The molecular weight excluding hydrogens is 202 g/mol. The van der Waals surface area contributed by atoms with Crippen molar-refractivity contribution in [1.82, 2.24) is 0 Å². The molecule has 3 nitrogen and oxygen atoms in total. The lowest BCUT2D eigenvalue weighted by Gasteiger charge is -2.13. The third-order valence-corrected chi connectivity index (χ3v) is 2.58. The minimum Gasteiger partial charge on any atom is -0.504 e. The monoisotopic (exact) mass is 223 g/mol. The highest BCUT2D eigenvalue weighted by Crippen LogP contribution is 2.29. The van der Waals surface area contributed by atoms with Gasteiger partial charge in [-0.1, -0.05) is 25.8 Å². The Morgan fingerprint density at radius 3 is 2.75 bits per heavy atom. The molecule has 0 spiro atoms. The fraction of sp³-hybridized carbons (Fsp3) is 0.538. The maximum Gasteiger partial charge on any atom is 0.161 e. The summed E-state index contributed by atoms with van der Waals surface area (Å²) in [6.07, 6.45) is 3.23. The number of phenolic OH excluding ortho intramolecular Hbond substituents is 1. The van der Waals surface area contributed by atoms with Crippen molar-refractivity contribution in [3.8, 4) is 11.5 Å². The summed E-state index contributed by atoms with van der Waals surface area (Å²) in [5.41, 5.74) is 7.08. The lowest BCUT2D eigenvalue weighted by atomic mass is 10.0. The number of benzene rings is 1. The molecule has 0 amide bonds. The second-order valence-corrected chi connectivity index (χ2v) is 3.91. The Morgan fingerprint density at radius 2 is 2.12 bits per heavy atom. The number of hydrogen-bond acceptors (Lipinski definition) is 3. The third kappa shape index (κ3) is 3.42. The Bertz CT molecular complexity index is 326. The van der Waals surface area contributed by atoms with Gasteiger partial charge in [-0.15, -0.1) is 0 Å². The Hall–Kier alpha value is -1.22. The lowest BCUT2D eigenvalue weighted by molar-refractivity contribution is 0.317. The molecule has 3 N–H and O–H groups in total. The molecule has 1 aromatic carbocycles. The molecule has 16 heavy (non-hydrogen) atoms. The smallest absolute Gasteiger partial charge is 0.161 e. The van der Waals surface area contributed by atoms with Crippen molar-refractivity contribution in [3.63, 3.8) is 0 Å². The van der Waals surface area contributed by atoms with Crippen molar-refractivity contribution >= 4 is 0 Å². The van der Waals surface area contributed by atoms with Crippen LogP contribution in [0.15, 0.2) is 18.2 Å². The summed E-state index contributed by atoms with van der Waals surface area (Å²) in [4.78, 5) is 0. The van der Waals surface area contributed by atoms with Gasteiger partial charge in [-0.25, -0.2) is 0 Å². The standard InChI is InChI=1S/C13H21NO2/c1-3-5-6-11(14)10-7-8-12(15)13(9-10)16-4-2/h7-9,11,15H,3-6,14H2,1-2H3/t11-/m0/s1. The van der Waals surface area contributed by atoms with E-state index in [2.05, 4.69) is 6.92 Å². The second-order valence-electron chi connectivity index (χ2n) is 3.91. The maximum atomic E-state index is 9.56. The first-order valence-electron chi connectivity index (χ1n) is 5.90. The van der Waals surface area contributed by atoms with Crippen molar-refractivity contribution in [1.29, 1.82) is 0 Å². The van der Waals surface area contributed by atoms with E-state index in [1.165, 1.54) is 0 Å². The Balaban J connectivity index is 2.76. The molecule has 0 heterocycles. The van der Waals surface area contributed by atoms with Gasteiger partial charge in [0.2, 0.25) is 0 Å². The van der Waals surface area contributed by atoms with Crippen LogP contribution < -0.4 is 10.5 Å². The molecule has 1 aromatic rings. The molecule has 0 bridgehead atoms. The highest BCUT2D eigenvalue weighted by atomic mass is 16.5. The number of nitrogens with two attached hydrogens (primary N) is 1. The molecule has 0 aliphatic rings. The van der Waals surface area contributed by atoms with Crippen LogP contribution in [0.1, 0.15) is 44.7 Å². The van der Waals surface area contributed by atoms with E-state index in [9.17, 15) is 5.11 Å². The zero-order chi connectivity index (χ0) is 12.0. The van der Waals surface area contributed by atoms with Crippen molar-refractivity contribution in [2.75, 3.05) is 6.61 Å². The van der Waals surface area contributed by atoms with E-state index in [0.717, 1.165) is 24.8 Å². The number of rotatable bonds is 6. The van der Waals surface area contributed by atoms with Crippen LogP contribution >= 0.6 is 0 Å². The van der Waals surface area contributed by atoms with Gasteiger partial charge in [0.05, 0.1) is 6.61 Å². The van der Waals surface area contributed by atoms with Gasteiger partial charge in [0.1, 0.15) is 0 Å². The summed E-state index contributed by atoms with van der Waals surface area (Å²) in [7, 11) is 0. The van der Waals surface area contributed by atoms with Gasteiger partial charge >= 0.3 is 0 Å². The lowest BCUT2D eigenvalue weighted by Crippen LogP contribution is -2.10. The molecule has 90 valence electrons. The van der Waals surface area contributed by atoms with Crippen LogP contribution in [0.2, 0.25) is 0 Å². The summed E-state index contributed by atoms with van der Waals surface area (Å²) >= 11 is 0.